The molecule has 0 radical (unpaired) electrons. The Kier molecular flexibility index (Phi) is 5.64. The van der Waals surface area contributed by atoms with Gasteiger partial charge in [-0.1, -0.05) is 12.1 Å². The molecule has 0 saturated heterocycles. The van der Waals surface area contributed by atoms with Crippen LogP contribution in [-0.2, 0) is 13.1 Å². The molecule has 5 heteroatoms. The molecular formula is C15H16BrFN2O. The van der Waals surface area contributed by atoms with Crippen molar-refractivity contribution >= 4 is 15.9 Å². The van der Waals surface area contributed by atoms with Crippen LogP contribution in [0.15, 0.2) is 47.2 Å². The quantitative estimate of drug-likeness (QED) is 0.879. The third kappa shape index (κ3) is 4.37. The Morgan fingerprint density at radius 2 is 2.00 bits per heavy atom. The van der Waals surface area contributed by atoms with Gasteiger partial charge in [0.05, 0.1) is 11.1 Å². The maximum Gasteiger partial charge on any atom is 0.137 e. The number of hydrogen-bond acceptors (Lipinski definition) is 3. The molecule has 0 unspecified atom stereocenters. The topological polar surface area (TPSA) is 36.4 Å². The first-order chi connectivity index (χ1) is 9.69. The van der Waals surface area contributed by atoms with Crippen molar-refractivity contribution in [1.29, 1.82) is 0 Å². The molecule has 0 saturated carbocycles. The molecule has 0 aliphatic carbocycles. The Balaban J connectivity index is 2.06. The van der Waals surface area contributed by atoms with Crippen LogP contribution < -0.4 is 0 Å². The van der Waals surface area contributed by atoms with E-state index in [1.165, 1.54) is 6.07 Å². The van der Waals surface area contributed by atoms with Gasteiger partial charge in [-0.25, -0.2) is 4.39 Å². The molecule has 1 aromatic carbocycles. The van der Waals surface area contributed by atoms with Crippen molar-refractivity contribution in [2.24, 2.45) is 0 Å². The summed E-state index contributed by atoms with van der Waals surface area (Å²) in [6.45, 7) is 1.99. The Bertz CT molecular complexity index is 551. The molecule has 0 amide bonds. The molecule has 1 heterocycles. The lowest BCUT2D eigenvalue weighted by Gasteiger charge is -2.21. The van der Waals surface area contributed by atoms with Gasteiger partial charge >= 0.3 is 0 Å². The second kappa shape index (κ2) is 7.47. The predicted molar refractivity (Wildman–Crippen MR) is 79.5 cm³/mol. The largest absolute Gasteiger partial charge is 0.395 e. The van der Waals surface area contributed by atoms with Crippen LogP contribution in [0.3, 0.4) is 0 Å². The number of aromatic nitrogens is 1. The highest BCUT2D eigenvalue weighted by Gasteiger charge is 2.08. The smallest absolute Gasteiger partial charge is 0.137 e. The standard InChI is InChI=1S/C15H16BrFN2O/c16-14-8-12(3-4-15(14)17)10-19(6-7-20)11-13-2-1-5-18-9-13/h1-5,8-9,20H,6-7,10-11H2. The second-order valence-electron chi connectivity index (χ2n) is 4.54. The first-order valence-electron chi connectivity index (χ1n) is 6.35. The maximum atomic E-state index is 13.2. The fourth-order valence-corrected chi connectivity index (χ4v) is 2.43. The molecule has 1 aromatic heterocycles. The van der Waals surface area contributed by atoms with Crippen LogP contribution in [0.25, 0.3) is 0 Å². The number of aliphatic hydroxyl groups is 1. The zero-order valence-corrected chi connectivity index (χ0v) is 12.6. The lowest BCUT2D eigenvalue weighted by atomic mass is 10.2. The Morgan fingerprint density at radius 3 is 2.65 bits per heavy atom. The SMILES string of the molecule is OCCN(Cc1cccnc1)Cc1ccc(F)c(Br)c1. The van der Waals surface area contributed by atoms with E-state index in [2.05, 4.69) is 25.8 Å². The highest BCUT2D eigenvalue weighted by atomic mass is 79.9. The summed E-state index contributed by atoms with van der Waals surface area (Å²) in [5.74, 6) is -0.269. The first kappa shape index (κ1) is 15.1. The van der Waals surface area contributed by atoms with Crippen LogP contribution in [0.5, 0.6) is 0 Å². The van der Waals surface area contributed by atoms with Gasteiger partial charge in [-0.3, -0.25) is 9.88 Å². The lowest BCUT2D eigenvalue weighted by Crippen LogP contribution is -2.26. The van der Waals surface area contributed by atoms with Gasteiger partial charge in [0, 0.05) is 32.0 Å². The van der Waals surface area contributed by atoms with Gasteiger partial charge in [-0.05, 0) is 45.3 Å². The number of aliphatic hydroxyl groups excluding tert-OH is 1. The van der Waals surface area contributed by atoms with E-state index in [0.717, 1.165) is 11.1 Å². The molecule has 0 atom stereocenters. The molecule has 0 aliphatic heterocycles. The number of rotatable bonds is 6. The summed E-state index contributed by atoms with van der Waals surface area (Å²) in [6, 6.07) is 8.86. The summed E-state index contributed by atoms with van der Waals surface area (Å²) < 4.78 is 13.7. The van der Waals surface area contributed by atoms with Crippen LogP contribution in [0.1, 0.15) is 11.1 Å². The van der Waals surface area contributed by atoms with E-state index >= 15 is 0 Å². The number of pyridine rings is 1. The summed E-state index contributed by atoms with van der Waals surface area (Å²) in [5.41, 5.74) is 2.08. The number of halogens is 2. The average Bonchev–Trinajstić information content (AvgIpc) is 2.44. The number of hydrogen-bond donors (Lipinski definition) is 1. The zero-order valence-electron chi connectivity index (χ0n) is 11.0. The Morgan fingerprint density at radius 1 is 1.20 bits per heavy atom. The lowest BCUT2D eigenvalue weighted by molar-refractivity contribution is 0.184. The highest BCUT2D eigenvalue weighted by molar-refractivity contribution is 9.10. The van der Waals surface area contributed by atoms with E-state index in [9.17, 15) is 4.39 Å². The Labute approximate surface area is 126 Å². The fourth-order valence-electron chi connectivity index (χ4n) is 2.00. The molecule has 3 nitrogen and oxygen atoms in total. The van der Waals surface area contributed by atoms with E-state index in [0.29, 0.717) is 24.1 Å². The van der Waals surface area contributed by atoms with Crippen LogP contribution >= 0.6 is 15.9 Å². The fraction of sp³-hybridized carbons (Fsp3) is 0.267. The summed E-state index contributed by atoms with van der Waals surface area (Å²) in [5, 5.41) is 9.16. The van der Waals surface area contributed by atoms with E-state index < -0.39 is 0 Å². The van der Waals surface area contributed by atoms with E-state index in [4.69, 9.17) is 5.11 Å². The van der Waals surface area contributed by atoms with Gasteiger partial charge in [0.1, 0.15) is 5.82 Å². The van der Waals surface area contributed by atoms with Crippen molar-refractivity contribution in [2.45, 2.75) is 13.1 Å². The van der Waals surface area contributed by atoms with Gasteiger partial charge in [-0.15, -0.1) is 0 Å². The van der Waals surface area contributed by atoms with Gasteiger partial charge in [0.15, 0.2) is 0 Å². The molecule has 106 valence electrons. The number of benzene rings is 1. The summed E-state index contributed by atoms with van der Waals surface area (Å²) in [4.78, 5) is 6.18. The van der Waals surface area contributed by atoms with E-state index in [1.54, 1.807) is 18.3 Å². The molecule has 0 spiro atoms. The molecule has 0 bridgehead atoms. The monoisotopic (exact) mass is 338 g/mol. The van der Waals surface area contributed by atoms with Crippen LogP contribution in [0.4, 0.5) is 4.39 Å². The molecule has 20 heavy (non-hydrogen) atoms. The van der Waals surface area contributed by atoms with E-state index in [1.807, 2.05) is 18.3 Å². The van der Waals surface area contributed by atoms with Crippen LogP contribution in [0.2, 0.25) is 0 Å². The van der Waals surface area contributed by atoms with Crippen molar-refractivity contribution in [3.8, 4) is 0 Å². The van der Waals surface area contributed by atoms with Gasteiger partial charge in [0.2, 0.25) is 0 Å². The molecular weight excluding hydrogens is 323 g/mol. The second-order valence-corrected chi connectivity index (χ2v) is 5.40. The minimum absolute atomic E-state index is 0.0859. The molecule has 2 aromatic rings. The van der Waals surface area contributed by atoms with Gasteiger partial charge in [-0.2, -0.15) is 0 Å². The maximum absolute atomic E-state index is 13.2. The zero-order chi connectivity index (χ0) is 14.4. The average molecular weight is 339 g/mol. The summed E-state index contributed by atoms with van der Waals surface area (Å²) in [6.07, 6.45) is 3.54. The van der Waals surface area contributed by atoms with Gasteiger partial charge < -0.3 is 5.11 Å². The molecule has 1 N–H and O–H groups in total. The van der Waals surface area contributed by atoms with Crippen molar-refractivity contribution in [1.82, 2.24) is 9.88 Å². The van der Waals surface area contributed by atoms with Crippen molar-refractivity contribution in [2.75, 3.05) is 13.2 Å². The molecule has 0 fully saturated rings. The van der Waals surface area contributed by atoms with Gasteiger partial charge in [0.25, 0.3) is 0 Å². The summed E-state index contributed by atoms with van der Waals surface area (Å²) >= 11 is 3.19. The van der Waals surface area contributed by atoms with E-state index in [-0.39, 0.29) is 12.4 Å². The summed E-state index contributed by atoms with van der Waals surface area (Å²) in [7, 11) is 0. The first-order valence-corrected chi connectivity index (χ1v) is 7.14. The normalized spacial score (nSPS) is 11.0. The third-order valence-electron chi connectivity index (χ3n) is 2.94. The van der Waals surface area contributed by atoms with Crippen molar-refractivity contribution in [3.63, 3.8) is 0 Å². The Hall–Kier alpha value is -1.30. The predicted octanol–water partition coefficient (Wildman–Crippen LogP) is 2.98. The third-order valence-corrected chi connectivity index (χ3v) is 3.54. The van der Waals surface area contributed by atoms with Crippen LogP contribution in [0, 0.1) is 5.82 Å². The van der Waals surface area contributed by atoms with Crippen molar-refractivity contribution < 1.29 is 9.50 Å². The minimum atomic E-state index is -0.269. The molecule has 0 aliphatic rings. The highest BCUT2D eigenvalue weighted by Crippen LogP contribution is 2.18. The van der Waals surface area contributed by atoms with Crippen LogP contribution in [-0.4, -0.2) is 28.1 Å². The van der Waals surface area contributed by atoms with Crippen molar-refractivity contribution in [3.05, 3.63) is 64.1 Å². The molecule has 2 rings (SSSR count). The minimum Gasteiger partial charge on any atom is -0.395 e. The number of nitrogens with zero attached hydrogens (tertiary/aromatic N) is 2.